The van der Waals surface area contributed by atoms with Gasteiger partial charge < -0.3 is 5.73 Å². The largest absolute Gasteiger partial charge is 0.321 e. The first kappa shape index (κ1) is 9.79. The summed E-state index contributed by atoms with van der Waals surface area (Å²) in [7, 11) is 0. The highest BCUT2D eigenvalue weighted by Gasteiger charge is 2.07. The fraction of sp³-hybridized carbons (Fsp3) is 0.100. The molecule has 0 saturated heterocycles. The molecule has 2 N–H and O–H groups in total. The first-order chi connectivity index (χ1) is 6.19. The lowest BCUT2D eigenvalue weighted by molar-refractivity contribution is 0.910. The lowest BCUT2D eigenvalue weighted by Gasteiger charge is -2.08. The molecule has 13 heavy (non-hydrogen) atoms. The minimum Gasteiger partial charge on any atom is -0.321 e. The van der Waals surface area contributed by atoms with E-state index in [1.54, 1.807) is 24.3 Å². The number of nitriles is 1. The average molecular weight is 193 g/mol. The van der Waals surface area contributed by atoms with E-state index in [4.69, 9.17) is 22.6 Å². The highest BCUT2D eigenvalue weighted by molar-refractivity contribution is 6.30. The molecule has 0 radical (unpaired) electrons. The van der Waals surface area contributed by atoms with Crippen molar-refractivity contribution in [3.05, 3.63) is 47.0 Å². The molecule has 0 heterocycles. The molecule has 1 aromatic rings. The van der Waals surface area contributed by atoms with Gasteiger partial charge in [-0.05, 0) is 23.8 Å². The zero-order chi connectivity index (χ0) is 9.84. The van der Waals surface area contributed by atoms with Crippen LogP contribution in [0.15, 0.2) is 30.9 Å². The van der Waals surface area contributed by atoms with Gasteiger partial charge in [0, 0.05) is 11.1 Å². The number of hydrogen-bond acceptors (Lipinski definition) is 2. The fourth-order valence-corrected chi connectivity index (χ4v) is 1.22. The number of hydrogen-bond donors (Lipinski definition) is 1. The standard InChI is InChI=1S/C10H9ClN2/c1-2-10(13)9-5-8(11)4-3-7(9)6-12/h2-5,10H,1,13H2/t10-/m0/s1. The smallest absolute Gasteiger partial charge is 0.0995 e. The Morgan fingerprint density at radius 2 is 2.31 bits per heavy atom. The van der Waals surface area contributed by atoms with Crippen LogP contribution in [0.25, 0.3) is 0 Å². The Morgan fingerprint density at radius 3 is 2.85 bits per heavy atom. The van der Waals surface area contributed by atoms with Crippen molar-refractivity contribution in [1.82, 2.24) is 0 Å². The Hall–Kier alpha value is -1.30. The summed E-state index contributed by atoms with van der Waals surface area (Å²) in [6.45, 7) is 3.56. The molecule has 0 aliphatic rings. The SMILES string of the molecule is C=C[C@H](N)c1cc(Cl)ccc1C#N. The van der Waals surface area contributed by atoms with Gasteiger partial charge in [-0.1, -0.05) is 17.7 Å². The van der Waals surface area contributed by atoms with E-state index in [-0.39, 0.29) is 6.04 Å². The molecule has 1 rings (SSSR count). The van der Waals surface area contributed by atoms with Crippen LogP contribution in [0.3, 0.4) is 0 Å². The Labute approximate surface area is 82.2 Å². The van der Waals surface area contributed by atoms with Crippen LogP contribution in [0.5, 0.6) is 0 Å². The zero-order valence-corrected chi connectivity index (χ0v) is 7.75. The van der Waals surface area contributed by atoms with Crippen LogP contribution in [0.2, 0.25) is 5.02 Å². The van der Waals surface area contributed by atoms with Crippen molar-refractivity contribution in [2.75, 3.05) is 0 Å². The maximum absolute atomic E-state index is 8.77. The molecule has 0 aliphatic carbocycles. The maximum atomic E-state index is 8.77. The molecule has 3 heteroatoms. The van der Waals surface area contributed by atoms with Crippen LogP contribution in [-0.4, -0.2) is 0 Å². The second-order valence-corrected chi connectivity index (χ2v) is 3.04. The van der Waals surface area contributed by atoms with E-state index < -0.39 is 0 Å². The molecular weight excluding hydrogens is 184 g/mol. The highest BCUT2D eigenvalue weighted by Crippen LogP contribution is 2.20. The third-order valence-corrected chi connectivity index (χ3v) is 1.98. The van der Waals surface area contributed by atoms with Crippen molar-refractivity contribution in [3.63, 3.8) is 0 Å². The van der Waals surface area contributed by atoms with E-state index >= 15 is 0 Å². The quantitative estimate of drug-likeness (QED) is 0.732. The Morgan fingerprint density at radius 1 is 1.62 bits per heavy atom. The minimum absolute atomic E-state index is 0.339. The Kier molecular flexibility index (Phi) is 3.07. The summed E-state index contributed by atoms with van der Waals surface area (Å²) in [4.78, 5) is 0. The number of halogens is 1. The summed E-state index contributed by atoms with van der Waals surface area (Å²) < 4.78 is 0. The summed E-state index contributed by atoms with van der Waals surface area (Å²) in [6.07, 6.45) is 1.58. The lowest BCUT2D eigenvalue weighted by Crippen LogP contribution is -2.08. The van der Waals surface area contributed by atoms with E-state index in [0.29, 0.717) is 16.1 Å². The first-order valence-corrected chi connectivity index (χ1v) is 4.14. The first-order valence-electron chi connectivity index (χ1n) is 3.76. The average Bonchev–Trinajstić information content (AvgIpc) is 2.16. The number of nitrogens with two attached hydrogens (primary N) is 1. The van der Waals surface area contributed by atoms with Gasteiger partial charge in [0.2, 0.25) is 0 Å². The summed E-state index contributed by atoms with van der Waals surface area (Å²) in [5.74, 6) is 0. The van der Waals surface area contributed by atoms with Gasteiger partial charge in [-0.15, -0.1) is 6.58 Å². The Balaban J connectivity index is 3.25. The Bertz CT molecular complexity index is 366. The van der Waals surface area contributed by atoms with Gasteiger partial charge in [0.25, 0.3) is 0 Å². The molecule has 2 nitrogen and oxygen atoms in total. The van der Waals surface area contributed by atoms with Crippen molar-refractivity contribution in [2.24, 2.45) is 5.73 Å². The van der Waals surface area contributed by atoms with Gasteiger partial charge in [0.1, 0.15) is 0 Å². The lowest BCUT2D eigenvalue weighted by atomic mass is 10.0. The predicted molar refractivity (Wildman–Crippen MR) is 53.3 cm³/mol. The summed E-state index contributed by atoms with van der Waals surface area (Å²) >= 11 is 5.78. The molecule has 1 atom stereocenters. The van der Waals surface area contributed by atoms with E-state index in [1.165, 1.54) is 0 Å². The van der Waals surface area contributed by atoms with Crippen LogP contribution in [0, 0.1) is 11.3 Å². The van der Waals surface area contributed by atoms with Crippen LogP contribution in [-0.2, 0) is 0 Å². The van der Waals surface area contributed by atoms with E-state index in [9.17, 15) is 0 Å². The van der Waals surface area contributed by atoms with Gasteiger partial charge in [-0.25, -0.2) is 0 Å². The molecule has 0 bridgehead atoms. The number of rotatable bonds is 2. The van der Waals surface area contributed by atoms with Crippen LogP contribution in [0.4, 0.5) is 0 Å². The van der Waals surface area contributed by atoms with E-state index in [2.05, 4.69) is 12.6 Å². The molecule has 0 amide bonds. The molecule has 0 aliphatic heterocycles. The van der Waals surface area contributed by atoms with Crippen LogP contribution < -0.4 is 5.73 Å². The second kappa shape index (κ2) is 4.08. The van der Waals surface area contributed by atoms with Crippen LogP contribution in [0.1, 0.15) is 17.2 Å². The predicted octanol–water partition coefficient (Wildman–Crippen LogP) is 2.40. The van der Waals surface area contributed by atoms with Crippen molar-refractivity contribution in [2.45, 2.75) is 6.04 Å². The van der Waals surface area contributed by atoms with Gasteiger partial charge in [-0.2, -0.15) is 5.26 Å². The zero-order valence-electron chi connectivity index (χ0n) is 7.00. The molecular formula is C10H9ClN2. The molecule has 0 saturated carbocycles. The van der Waals surface area contributed by atoms with Gasteiger partial charge >= 0.3 is 0 Å². The third-order valence-electron chi connectivity index (χ3n) is 1.75. The second-order valence-electron chi connectivity index (χ2n) is 2.60. The van der Waals surface area contributed by atoms with Crippen molar-refractivity contribution >= 4 is 11.6 Å². The maximum Gasteiger partial charge on any atom is 0.0995 e. The topological polar surface area (TPSA) is 49.8 Å². The summed E-state index contributed by atoms with van der Waals surface area (Å²) in [6, 6.07) is 6.72. The van der Waals surface area contributed by atoms with Gasteiger partial charge in [0.15, 0.2) is 0 Å². The fourth-order valence-electron chi connectivity index (χ4n) is 1.04. The van der Waals surface area contributed by atoms with Crippen molar-refractivity contribution in [3.8, 4) is 6.07 Å². The molecule has 66 valence electrons. The van der Waals surface area contributed by atoms with Crippen LogP contribution >= 0.6 is 11.6 Å². The molecule has 0 unspecified atom stereocenters. The van der Waals surface area contributed by atoms with Gasteiger partial charge in [0.05, 0.1) is 11.6 Å². The molecule has 0 spiro atoms. The van der Waals surface area contributed by atoms with E-state index in [0.717, 1.165) is 0 Å². The van der Waals surface area contributed by atoms with Crippen molar-refractivity contribution < 1.29 is 0 Å². The molecule has 1 aromatic carbocycles. The number of benzene rings is 1. The van der Waals surface area contributed by atoms with Crippen molar-refractivity contribution in [1.29, 1.82) is 5.26 Å². The number of nitrogens with zero attached hydrogens (tertiary/aromatic N) is 1. The monoisotopic (exact) mass is 192 g/mol. The molecule has 0 fully saturated rings. The van der Waals surface area contributed by atoms with Gasteiger partial charge in [-0.3, -0.25) is 0 Å². The molecule has 0 aromatic heterocycles. The third kappa shape index (κ3) is 2.09. The normalized spacial score (nSPS) is 11.8. The van der Waals surface area contributed by atoms with E-state index in [1.807, 2.05) is 0 Å². The minimum atomic E-state index is -0.339. The summed E-state index contributed by atoms with van der Waals surface area (Å²) in [5, 5.41) is 9.35. The summed E-state index contributed by atoms with van der Waals surface area (Å²) in [5.41, 5.74) is 6.96. The highest BCUT2D eigenvalue weighted by atomic mass is 35.5.